The van der Waals surface area contributed by atoms with Gasteiger partial charge in [0.05, 0.1) is 18.2 Å². The summed E-state index contributed by atoms with van der Waals surface area (Å²) in [6, 6.07) is 10.4. The van der Waals surface area contributed by atoms with Crippen molar-refractivity contribution >= 4 is 0 Å². The number of nitrogens with zero attached hydrogens (tertiary/aromatic N) is 2. The molecule has 1 aromatic heterocycles. The van der Waals surface area contributed by atoms with Crippen molar-refractivity contribution in [3.05, 3.63) is 53.7 Å². The Morgan fingerprint density at radius 2 is 2.00 bits per heavy atom. The monoisotopic (exact) mass is 230 g/mol. The van der Waals surface area contributed by atoms with Gasteiger partial charge in [-0.1, -0.05) is 18.2 Å². The predicted octanol–water partition coefficient (Wildman–Crippen LogP) is 3.09. The van der Waals surface area contributed by atoms with Gasteiger partial charge in [-0.15, -0.1) is 0 Å². The largest absolute Gasteiger partial charge is 0.219 e. The topological polar surface area (TPSA) is 36.7 Å². The maximum atomic E-state index is 13.1. The van der Waals surface area contributed by atoms with Crippen LogP contribution in [0.5, 0.6) is 0 Å². The van der Waals surface area contributed by atoms with Gasteiger partial charge in [0.2, 0.25) is 5.95 Å². The molecule has 2 rings (SSSR count). The van der Waals surface area contributed by atoms with E-state index in [-0.39, 0.29) is 6.42 Å². The van der Waals surface area contributed by atoms with Gasteiger partial charge in [-0.25, -0.2) is 9.37 Å². The molecule has 2 aromatic rings. The van der Waals surface area contributed by atoms with Gasteiger partial charge >= 0.3 is 0 Å². The van der Waals surface area contributed by atoms with E-state index in [4.69, 9.17) is 5.26 Å². The van der Waals surface area contributed by atoms with Gasteiger partial charge < -0.3 is 0 Å². The Bertz CT molecular complexity index is 588. The first-order valence-electron chi connectivity index (χ1n) is 4.99. The molecule has 2 nitrogen and oxygen atoms in total. The zero-order valence-electron chi connectivity index (χ0n) is 8.82. The molecule has 0 saturated heterocycles. The van der Waals surface area contributed by atoms with Crippen molar-refractivity contribution in [3.63, 3.8) is 0 Å². The van der Waals surface area contributed by atoms with Crippen LogP contribution in [0, 0.1) is 23.1 Å². The zero-order chi connectivity index (χ0) is 12.3. The van der Waals surface area contributed by atoms with Crippen LogP contribution in [0.25, 0.3) is 11.3 Å². The fourth-order valence-corrected chi connectivity index (χ4v) is 1.58. The first-order valence-corrected chi connectivity index (χ1v) is 4.99. The van der Waals surface area contributed by atoms with E-state index in [1.165, 1.54) is 30.3 Å². The minimum absolute atomic E-state index is 0.110. The third kappa shape index (κ3) is 2.45. The quantitative estimate of drug-likeness (QED) is 0.743. The molecule has 1 heterocycles. The van der Waals surface area contributed by atoms with Gasteiger partial charge in [0, 0.05) is 5.56 Å². The second-order valence-corrected chi connectivity index (χ2v) is 3.49. The Hall–Kier alpha value is -2.28. The highest BCUT2D eigenvalue weighted by atomic mass is 19.1. The van der Waals surface area contributed by atoms with Crippen LogP contribution in [-0.4, -0.2) is 4.98 Å². The summed E-state index contributed by atoms with van der Waals surface area (Å²) in [6.07, 6.45) is 0.110. The molecule has 0 unspecified atom stereocenters. The van der Waals surface area contributed by atoms with E-state index in [9.17, 15) is 8.78 Å². The summed E-state index contributed by atoms with van der Waals surface area (Å²) in [5.74, 6) is -1.07. The summed E-state index contributed by atoms with van der Waals surface area (Å²) in [5, 5.41) is 8.67. The Morgan fingerprint density at radius 3 is 2.71 bits per heavy atom. The molecule has 17 heavy (non-hydrogen) atoms. The van der Waals surface area contributed by atoms with Gasteiger partial charge in [0.15, 0.2) is 0 Å². The van der Waals surface area contributed by atoms with Crippen molar-refractivity contribution < 1.29 is 8.78 Å². The number of aromatic nitrogens is 1. The minimum atomic E-state index is -0.647. The third-order valence-corrected chi connectivity index (χ3v) is 2.31. The number of benzene rings is 1. The first kappa shape index (κ1) is 11.2. The van der Waals surface area contributed by atoms with Crippen molar-refractivity contribution in [1.82, 2.24) is 4.98 Å². The number of hydrogen-bond donors (Lipinski definition) is 0. The Kier molecular flexibility index (Phi) is 3.10. The molecule has 0 atom stereocenters. The van der Waals surface area contributed by atoms with Crippen molar-refractivity contribution in [2.45, 2.75) is 6.42 Å². The van der Waals surface area contributed by atoms with Gasteiger partial charge in [0.25, 0.3) is 0 Å². The van der Waals surface area contributed by atoms with Crippen molar-refractivity contribution in [1.29, 1.82) is 5.26 Å². The highest BCUT2D eigenvalue weighted by molar-refractivity contribution is 5.63. The lowest BCUT2D eigenvalue weighted by atomic mass is 10.0. The van der Waals surface area contributed by atoms with Crippen LogP contribution in [0.4, 0.5) is 8.78 Å². The fourth-order valence-electron chi connectivity index (χ4n) is 1.58. The van der Waals surface area contributed by atoms with E-state index >= 15 is 0 Å². The average molecular weight is 230 g/mol. The van der Waals surface area contributed by atoms with E-state index < -0.39 is 11.8 Å². The van der Waals surface area contributed by atoms with E-state index in [0.29, 0.717) is 16.8 Å². The van der Waals surface area contributed by atoms with Crippen LogP contribution in [0.3, 0.4) is 0 Å². The molecule has 0 N–H and O–H groups in total. The molecule has 0 aliphatic rings. The fraction of sp³-hybridized carbons (Fsp3) is 0.0769. The molecule has 4 heteroatoms. The summed E-state index contributed by atoms with van der Waals surface area (Å²) in [5.41, 5.74) is 1.36. The maximum absolute atomic E-state index is 13.1. The summed E-state index contributed by atoms with van der Waals surface area (Å²) in [4.78, 5) is 3.72. The lowest BCUT2D eigenvalue weighted by Gasteiger charge is -2.06. The number of halogens is 2. The van der Waals surface area contributed by atoms with Crippen molar-refractivity contribution in [2.24, 2.45) is 0 Å². The van der Waals surface area contributed by atoms with Crippen molar-refractivity contribution in [2.75, 3.05) is 0 Å². The van der Waals surface area contributed by atoms with E-state index in [2.05, 4.69) is 4.98 Å². The van der Waals surface area contributed by atoms with Gasteiger partial charge in [-0.2, -0.15) is 9.65 Å². The van der Waals surface area contributed by atoms with Gasteiger partial charge in [-0.05, 0) is 23.8 Å². The molecule has 0 spiro atoms. The molecule has 1 aromatic carbocycles. The molecule has 0 aliphatic carbocycles. The molecule has 0 aliphatic heterocycles. The highest BCUT2D eigenvalue weighted by Crippen LogP contribution is 2.22. The lowest BCUT2D eigenvalue weighted by molar-refractivity contribution is 0.584. The molecule has 0 bridgehead atoms. The SMILES string of the molecule is N#CCc1ccc(F)nc1-c1cccc(F)c1. The van der Waals surface area contributed by atoms with E-state index in [1.807, 2.05) is 6.07 Å². The summed E-state index contributed by atoms with van der Waals surface area (Å²) in [6.45, 7) is 0. The van der Waals surface area contributed by atoms with Gasteiger partial charge in [-0.3, -0.25) is 0 Å². The molecule has 0 radical (unpaired) electrons. The normalized spacial score (nSPS) is 9.94. The van der Waals surface area contributed by atoms with Crippen molar-refractivity contribution in [3.8, 4) is 17.3 Å². The zero-order valence-corrected chi connectivity index (χ0v) is 8.82. The lowest BCUT2D eigenvalue weighted by Crippen LogP contribution is -1.95. The Labute approximate surface area is 97.2 Å². The molecule has 0 saturated carbocycles. The summed E-state index contributed by atoms with van der Waals surface area (Å²) in [7, 11) is 0. The minimum Gasteiger partial charge on any atom is -0.219 e. The number of pyridine rings is 1. The first-order chi connectivity index (χ1) is 8.20. The molecule has 0 fully saturated rings. The van der Waals surface area contributed by atoms with E-state index in [0.717, 1.165) is 0 Å². The highest BCUT2D eigenvalue weighted by Gasteiger charge is 2.09. The Balaban J connectivity index is 2.57. The number of hydrogen-bond acceptors (Lipinski definition) is 2. The summed E-state index contributed by atoms with van der Waals surface area (Å²) >= 11 is 0. The summed E-state index contributed by atoms with van der Waals surface area (Å²) < 4.78 is 26.2. The Morgan fingerprint density at radius 1 is 1.18 bits per heavy atom. The predicted molar refractivity (Wildman–Crippen MR) is 58.9 cm³/mol. The molecular formula is C13H8F2N2. The smallest absolute Gasteiger partial charge is 0.213 e. The number of rotatable bonds is 2. The second kappa shape index (κ2) is 4.71. The number of nitriles is 1. The van der Waals surface area contributed by atoms with Crippen LogP contribution < -0.4 is 0 Å². The van der Waals surface area contributed by atoms with Crippen LogP contribution in [0.2, 0.25) is 0 Å². The van der Waals surface area contributed by atoms with Gasteiger partial charge in [0.1, 0.15) is 5.82 Å². The maximum Gasteiger partial charge on any atom is 0.213 e. The van der Waals surface area contributed by atoms with E-state index in [1.54, 1.807) is 6.07 Å². The molecule has 84 valence electrons. The van der Waals surface area contributed by atoms with Crippen LogP contribution >= 0.6 is 0 Å². The van der Waals surface area contributed by atoms with Crippen LogP contribution in [-0.2, 0) is 6.42 Å². The van der Waals surface area contributed by atoms with Crippen LogP contribution in [0.1, 0.15) is 5.56 Å². The average Bonchev–Trinajstić information content (AvgIpc) is 2.32. The van der Waals surface area contributed by atoms with Crippen LogP contribution in [0.15, 0.2) is 36.4 Å². The standard InChI is InChI=1S/C13H8F2N2/c14-11-3-1-2-10(8-11)13-9(6-7-16)4-5-12(15)17-13/h1-5,8H,6H2. The molecular weight excluding hydrogens is 222 g/mol. The third-order valence-electron chi connectivity index (χ3n) is 2.31. The second-order valence-electron chi connectivity index (χ2n) is 3.49. The molecule has 0 amide bonds.